The standard InChI is InChI=1S/C15H15FN2O/c16-12-5-1-10(2-6-12)14-9-17-15(18-14)11-3-7-13(19)8-4-11/h1-2,5-6,9,11H,3-4,7-8H2,(H,17,18). The Labute approximate surface area is 110 Å². The van der Waals surface area contributed by atoms with Gasteiger partial charge in [0.25, 0.3) is 0 Å². The van der Waals surface area contributed by atoms with Gasteiger partial charge in [-0.1, -0.05) is 0 Å². The molecule has 1 saturated carbocycles. The van der Waals surface area contributed by atoms with Crippen LogP contribution in [0, 0.1) is 5.82 Å². The van der Waals surface area contributed by atoms with Crippen molar-refractivity contribution < 1.29 is 9.18 Å². The number of aromatic amines is 1. The molecule has 0 bridgehead atoms. The highest BCUT2D eigenvalue weighted by Gasteiger charge is 2.22. The molecule has 4 heteroatoms. The second-order valence-electron chi connectivity index (χ2n) is 5.00. The van der Waals surface area contributed by atoms with E-state index in [1.54, 1.807) is 18.3 Å². The molecule has 0 amide bonds. The maximum atomic E-state index is 12.9. The minimum atomic E-state index is -0.241. The average molecular weight is 258 g/mol. The number of Topliss-reactive ketones (excluding diaryl/α,β-unsaturated/α-hetero) is 1. The summed E-state index contributed by atoms with van der Waals surface area (Å²) in [5.74, 6) is 1.38. The molecule has 2 aromatic rings. The van der Waals surface area contributed by atoms with E-state index >= 15 is 0 Å². The second-order valence-corrected chi connectivity index (χ2v) is 5.00. The number of nitrogens with one attached hydrogen (secondary N) is 1. The Kier molecular flexibility index (Phi) is 3.15. The number of nitrogens with zero attached hydrogens (tertiary/aromatic N) is 1. The molecule has 0 saturated heterocycles. The number of carbonyl (C=O) groups is 1. The number of ketones is 1. The number of H-pyrrole nitrogens is 1. The van der Waals surface area contributed by atoms with E-state index in [2.05, 4.69) is 9.97 Å². The van der Waals surface area contributed by atoms with Gasteiger partial charge in [0.05, 0.1) is 11.9 Å². The van der Waals surface area contributed by atoms with E-state index < -0.39 is 0 Å². The Balaban J connectivity index is 1.79. The fourth-order valence-corrected chi connectivity index (χ4v) is 2.53. The molecule has 1 aromatic heterocycles. The van der Waals surface area contributed by atoms with Crippen molar-refractivity contribution in [3.63, 3.8) is 0 Å². The van der Waals surface area contributed by atoms with Crippen molar-refractivity contribution in [1.82, 2.24) is 9.97 Å². The van der Waals surface area contributed by atoms with Crippen LogP contribution in [0.3, 0.4) is 0 Å². The van der Waals surface area contributed by atoms with Crippen LogP contribution in [0.25, 0.3) is 11.3 Å². The molecule has 0 unspecified atom stereocenters. The fourth-order valence-electron chi connectivity index (χ4n) is 2.53. The zero-order valence-corrected chi connectivity index (χ0v) is 10.5. The molecule has 1 aliphatic rings. The number of hydrogen-bond acceptors (Lipinski definition) is 2. The molecule has 1 heterocycles. The second kappa shape index (κ2) is 4.96. The summed E-state index contributed by atoms with van der Waals surface area (Å²) in [5.41, 5.74) is 1.82. The van der Waals surface area contributed by atoms with Gasteiger partial charge in [-0.2, -0.15) is 0 Å². The van der Waals surface area contributed by atoms with Crippen LogP contribution in [-0.4, -0.2) is 15.8 Å². The molecular formula is C15H15FN2O. The predicted octanol–water partition coefficient (Wildman–Crippen LogP) is 3.44. The van der Waals surface area contributed by atoms with Crippen LogP contribution >= 0.6 is 0 Å². The molecule has 1 aromatic carbocycles. The summed E-state index contributed by atoms with van der Waals surface area (Å²) in [4.78, 5) is 18.9. The number of imidazole rings is 1. The summed E-state index contributed by atoms with van der Waals surface area (Å²) in [6.45, 7) is 0. The lowest BCUT2D eigenvalue weighted by atomic mass is 9.88. The minimum absolute atomic E-state index is 0.241. The van der Waals surface area contributed by atoms with Crippen LogP contribution in [0.2, 0.25) is 0 Å². The molecule has 3 nitrogen and oxygen atoms in total. The first-order valence-corrected chi connectivity index (χ1v) is 6.55. The summed E-state index contributed by atoms with van der Waals surface area (Å²) >= 11 is 0. The first-order chi connectivity index (χ1) is 9.22. The maximum absolute atomic E-state index is 12.9. The van der Waals surface area contributed by atoms with Crippen LogP contribution in [-0.2, 0) is 4.79 Å². The Bertz CT molecular complexity index is 578. The molecule has 0 radical (unpaired) electrons. The van der Waals surface area contributed by atoms with Crippen LogP contribution < -0.4 is 0 Å². The quantitative estimate of drug-likeness (QED) is 0.896. The van der Waals surface area contributed by atoms with Crippen LogP contribution in [0.1, 0.15) is 37.4 Å². The first kappa shape index (κ1) is 12.1. The molecule has 1 aliphatic carbocycles. The monoisotopic (exact) mass is 258 g/mol. The highest BCUT2D eigenvalue weighted by atomic mass is 19.1. The summed E-state index contributed by atoms with van der Waals surface area (Å²) in [6.07, 6.45) is 4.82. The van der Waals surface area contributed by atoms with E-state index in [0.717, 1.165) is 29.9 Å². The van der Waals surface area contributed by atoms with Crippen molar-refractivity contribution in [2.24, 2.45) is 0 Å². The molecule has 3 rings (SSSR count). The zero-order valence-electron chi connectivity index (χ0n) is 10.5. The van der Waals surface area contributed by atoms with Gasteiger partial charge in [0.15, 0.2) is 0 Å². The first-order valence-electron chi connectivity index (χ1n) is 6.55. The third-order valence-electron chi connectivity index (χ3n) is 3.68. The van der Waals surface area contributed by atoms with Gasteiger partial charge >= 0.3 is 0 Å². The maximum Gasteiger partial charge on any atom is 0.132 e. The molecule has 19 heavy (non-hydrogen) atoms. The number of halogens is 1. The van der Waals surface area contributed by atoms with Gasteiger partial charge in [0, 0.05) is 18.8 Å². The lowest BCUT2D eigenvalue weighted by Gasteiger charge is -2.18. The minimum Gasteiger partial charge on any atom is -0.342 e. The van der Waals surface area contributed by atoms with Crippen molar-refractivity contribution in [3.05, 3.63) is 42.1 Å². The highest BCUT2D eigenvalue weighted by molar-refractivity contribution is 5.79. The van der Waals surface area contributed by atoms with Crippen molar-refractivity contribution in [1.29, 1.82) is 0 Å². The van der Waals surface area contributed by atoms with Crippen molar-refractivity contribution in [3.8, 4) is 11.3 Å². The lowest BCUT2D eigenvalue weighted by Crippen LogP contribution is -2.13. The molecule has 1 N–H and O–H groups in total. The van der Waals surface area contributed by atoms with Gasteiger partial charge in [0.1, 0.15) is 17.4 Å². The number of carbonyl (C=O) groups excluding carboxylic acids is 1. The van der Waals surface area contributed by atoms with Crippen molar-refractivity contribution in [2.45, 2.75) is 31.6 Å². The van der Waals surface area contributed by atoms with Crippen molar-refractivity contribution >= 4 is 5.78 Å². The highest BCUT2D eigenvalue weighted by Crippen LogP contribution is 2.30. The molecule has 0 spiro atoms. The third-order valence-corrected chi connectivity index (χ3v) is 3.68. The number of aromatic nitrogens is 2. The van der Waals surface area contributed by atoms with Crippen LogP contribution in [0.5, 0.6) is 0 Å². The summed E-state index contributed by atoms with van der Waals surface area (Å²) < 4.78 is 12.9. The topological polar surface area (TPSA) is 45.8 Å². The third kappa shape index (κ3) is 2.57. The summed E-state index contributed by atoms with van der Waals surface area (Å²) in [7, 11) is 0. The smallest absolute Gasteiger partial charge is 0.132 e. The molecule has 0 aliphatic heterocycles. The lowest BCUT2D eigenvalue weighted by molar-refractivity contribution is -0.120. The van der Waals surface area contributed by atoms with E-state index in [-0.39, 0.29) is 5.82 Å². The van der Waals surface area contributed by atoms with E-state index in [0.29, 0.717) is 24.5 Å². The van der Waals surface area contributed by atoms with Crippen LogP contribution in [0.4, 0.5) is 4.39 Å². The largest absolute Gasteiger partial charge is 0.342 e. The average Bonchev–Trinajstić information content (AvgIpc) is 2.90. The number of rotatable bonds is 2. The normalized spacial score (nSPS) is 16.8. The van der Waals surface area contributed by atoms with Crippen LogP contribution in [0.15, 0.2) is 30.5 Å². The number of hydrogen-bond donors (Lipinski definition) is 1. The molecular weight excluding hydrogens is 243 g/mol. The Hall–Kier alpha value is -1.97. The predicted molar refractivity (Wildman–Crippen MR) is 70.2 cm³/mol. The SMILES string of the molecule is O=C1CCC(c2ncc(-c3ccc(F)cc3)[nH]2)CC1. The Morgan fingerprint density at radius 3 is 2.53 bits per heavy atom. The van der Waals surface area contributed by atoms with Gasteiger partial charge in [-0.15, -0.1) is 0 Å². The molecule has 1 fully saturated rings. The molecule has 0 atom stereocenters. The van der Waals surface area contributed by atoms with Gasteiger partial charge in [-0.05, 0) is 42.7 Å². The van der Waals surface area contributed by atoms with Gasteiger partial charge in [-0.3, -0.25) is 4.79 Å². The Morgan fingerprint density at radius 2 is 1.84 bits per heavy atom. The van der Waals surface area contributed by atoms with Gasteiger partial charge < -0.3 is 4.98 Å². The fraction of sp³-hybridized carbons (Fsp3) is 0.333. The summed E-state index contributed by atoms with van der Waals surface area (Å²) in [5, 5.41) is 0. The van der Waals surface area contributed by atoms with E-state index in [4.69, 9.17) is 0 Å². The van der Waals surface area contributed by atoms with Crippen molar-refractivity contribution in [2.75, 3.05) is 0 Å². The van der Waals surface area contributed by atoms with E-state index in [1.165, 1.54) is 12.1 Å². The summed E-state index contributed by atoms with van der Waals surface area (Å²) in [6, 6.07) is 6.35. The van der Waals surface area contributed by atoms with E-state index in [1.807, 2.05) is 0 Å². The zero-order chi connectivity index (χ0) is 13.2. The number of benzene rings is 1. The van der Waals surface area contributed by atoms with Gasteiger partial charge in [-0.25, -0.2) is 9.37 Å². The molecule has 98 valence electrons. The van der Waals surface area contributed by atoms with E-state index in [9.17, 15) is 9.18 Å². The van der Waals surface area contributed by atoms with Gasteiger partial charge in [0.2, 0.25) is 0 Å². The Morgan fingerprint density at radius 1 is 1.16 bits per heavy atom.